The Morgan fingerprint density at radius 3 is 1.17 bits per heavy atom. The zero-order valence-electron chi connectivity index (χ0n) is 75.7. The number of rotatable bonds is 12. The van der Waals surface area contributed by atoms with Crippen molar-refractivity contribution >= 4 is 101 Å². The van der Waals surface area contributed by atoms with Crippen molar-refractivity contribution in [2.75, 3.05) is 70.8 Å². The Bertz CT molecular complexity index is 7650. The highest BCUT2D eigenvalue weighted by Crippen LogP contribution is 2.53. The molecule has 6 aromatic carbocycles. The predicted molar refractivity (Wildman–Crippen MR) is 492 cm³/mol. The Labute approximate surface area is 782 Å². The number of halogens is 12. The van der Waals surface area contributed by atoms with Gasteiger partial charge in [-0.05, 0) is 149 Å². The van der Waals surface area contributed by atoms with Crippen molar-refractivity contribution in [1.82, 2.24) is 58.3 Å². The van der Waals surface area contributed by atoms with E-state index in [0.29, 0.717) is 52.3 Å². The number of benzene rings is 6. The molecule has 12 heterocycles. The van der Waals surface area contributed by atoms with Crippen LogP contribution in [0.4, 0.5) is 75.8 Å². The lowest BCUT2D eigenvalue weighted by atomic mass is 9.97. The second-order valence-electron chi connectivity index (χ2n) is 35.2. The monoisotopic (exact) mass is 1950 g/mol. The maximum atomic E-state index is 17.2. The quantitative estimate of drug-likeness (QED) is 0.0501. The van der Waals surface area contributed by atoms with E-state index in [1.54, 1.807) is 90.4 Å². The second-order valence-corrected chi connectivity index (χ2v) is 38.2. The molecule has 4 amide bonds. The van der Waals surface area contributed by atoms with Crippen molar-refractivity contribution in [3.63, 3.8) is 0 Å². The van der Waals surface area contributed by atoms with Gasteiger partial charge in [-0.2, -0.15) is 15.0 Å². The molecule has 0 spiro atoms. The number of nitrogens with one attached hydrogen (secondary N) is 1. The molecule has 3 saturated heterocycles. The molecule has 6 aliphatic heterocycles. The minimum Gasteiger partial charge on any atom is -0.507 e. The number of nitrogens with zero attached hydrogens (tertiary/aromatic N) is 15. The molecule has 18 rings (SSSR count). The fraction of sp³-hybridized carbons (Fsp3) is 0.302. The van der Waals surface area contributed by atoms with Crippen LogP contribution in [0.25, 0.3) is 83.2 Å². The first-order valence-corrected chi connectivity index (χ1v) is 46.0. The van der Waals surface area contributed by atoms with E-state index >= 15 is 39.5 Å². The van der Waals surface area contributed by atoms with E-state index in [4.69, 9.17) is 0 Å². The summed E-state index contributed by atoms with van der Waals surface area (Å²) >= 11 is 0.979. The summed E-state index contributed by atoms with van der Waals surface area (Å²) in [5.41, 5.74) is -9.69. The van der Waals surface area contributed by atoms with Gasteiger partial charge >= 0.3 is 17.1 Å². The van der Waals surface area contributed by atoms with Gasteiger partial charge in [0.25, 0.3) is 0 Å². The van der Waals surface area contributed by atoms with Gasteiger partial charge in [-0.3, -0.25) is 47.8 Å². The largest absolute Gasteiger partial charge is 0.507 e. The van der Waals surface area contributed by atoms with E-state index in [1.165, 1.54) is 44.1 Å². The first-order valence-electron chi connectivity index (χ1n) is 43.3. The van der Waals surface area contributed by atoms with Gasteiger partial charge in [0.15, 0.2) is 73.8 Å². The number of thioether (sulfide) groups is 1. The standard InChI is InChI=1S/C32H28F4N6O4.C32H29F4N5O5S.C32H29F4N5O3S/c1-6-19(44)40-12-17-31(45)38-27-22-29(25(36)21(24(27)35)20-18(43)8-7-16(33)23(20)34)42(28-14(4)9-10-37-26(28)13(2)3)32(46)39-30(22)41(17)11-15(40)5;1-6-20(43)39-12-17-13-47(45,46)30-23-29(25(35)22(26(30)36)21-19(42)8-7-18(33)24(21)34)41(28-15(4)9-10-37-27(28)14(2)3)32(44)38-31(23)40(17)11-16(39)5;1-6-20(43)39-12-17-13-45-30-23-29(25(35)22(26(30)36)21-19(42)8-7-18(33)24(21)34)41(28-15(4)9-10-37-27(28)14(2)3)32(44)38-31(23)40(17)11-16(39)5/h6-10,13,15,17,43H,1,11-12H2,2-5H3,(H,38,45);6-10,14,16-17,42H,1,11-13H2,2-5H3;6-10,14,16-17,42H,1,11-13H2,2-5H3. The molecule has 0 radical (unpaired) electrons. The number of aryl methyl sites for hydroxylation is 3. The first-order chi connectivity index (χ1) is 65.2. The highest BCUT2D eigenvalue weighted by atomic mass is 32.2. The van der Waals surface area contributed by atoms with Crippen LogP contribution in [0, 0.1) is 90.6 Å². The van der Waals surface area contributed by atoms with E-state index < -0.39 is 234 Å². The van der Waals surface area contributed by atoms with Gasteiger partial charge in [0.05, 0.1) is 130 Å². The number of hydrogen-bond donors (Lipinski definition) is 4. The molecule has 4 N–H and O–H groups in total. The molecular weight excluding hydrogens is 1860 g/mol. The molecule has 42 heteroatoms. The van der Waals surface area contributed by atoms with Crippen LogP contribution in [0.3, 0.4) is 0 Å². The number of anilines is 4. The predicted octanol–water partition coefficient (Wildman–Crippen LogP) is 15.0. The number of sulfone groups is 1. The summed E-state index contributed by atoms with van der Waals surface area (Å²) in [4.78, 5) is 128. The zero-order chi connectivity index (χ0) is 100. The first kappa shape index (κ1) is 96.7. The van der Waals surface area contributed by atoms with Crippen molar-refractivity contribution in [1.29, 1.82) is 0 Å². The van der Waals surface area contributed by atoms with Crippen molar-refractivity contribution in [2.45, 2.75) is 147 Å². The lowest BCUT2D eigenvalue weighted by Gasteiger charge is -2.45. The van der Waals surface area contributed by atoms with Crippen LogP contribution in [0.5, 0.6) is 17.2 Å². The van der Waals surface area contributed by atoms with Crippen LogP contribution in [0.2, 0.25) is 0 Å². The van der Waals surface area contributed by atoms with Crippen LogP contribution >= 0.6 is 11.8 Å². The van der Waals surface area contributed by atoms with Crippen molar-refractivity contribution < 1.29 is 95.6 Å². The number of amides is 4. The van der Waals surface area contributed by atoms with Crippen LogP contribution in [0.15, 0.2) is 135 Å². The third-order valence-electron chi connectivity index (χ3n) is 25.5. The number of carbonyl (C=O) groups excluding carboxylic acids is 4. The average molecular weight is 1950 g/mol. The van der Waals surface area contributed by atoms with Gasteiger partial charge < -0.3 is 50.0 Å². The fourth-order valence-electron chi connectivity index (χ4n) is 19.1. The highest BCUT2D eigenvalue weighted by molar-refractivity contribution is 7.99. The molecule has 0 aliphatic carbocycles. The van der Waals surface area contributed by atoms with Gasteiger partial charge in [-0.15, -0.1) is 11.8 Å². The molecule has 6 aliphatic rings. The summed E-state index contributed by atoms with van der Waals surface area (Å²) < 4.78 is 222. The van der Waals surface area contributed by atoms with Gasteiger partial charge in [-0.25, -0.2) is 75.5 Å². The lowest BCUT2D eigenvalue weighted by Crippen LogP contribution is -2.62. The molecule has 0 bridgehead atoms. The number of phenolic OH excluding ortho intramolecular Hbond substituents is 3. The van der Waals surface area contributed by atoms with Gasteiger partial charge in [0.1, 0.15) is 57.0 Å². The number of aromatic hydroxyl groups is 3. The number of pyridine rings is 3. The maximum Gasteiger partial charge on any atom is 0.354 e. The van der Waals surface area contributed by atoms with E-state index in [9.17, 15) is 70.5 Å². The molecule has 0 saturated carbocycles. The SMILES string of the molecule is C=CC(=O)N1CC2C(=O)Nc3c(F)c(-c4c(O)ccc(F)c4F)c(F)c4c3c(nc(=O)n4-c3c(C)ccnc3C(C)C)N2CC1C.C=CC(=O)N1CC2CS(=O)(=O)c3c(F)c(-c4c(O)ccc(F)c4F)c(F)c4c3c(nc(=O)n4-c3c(C)ccnc3C(C)C)N2CC1C.C=CC(=O)N1CC2CSc3c(F)c(-c4c(O)ccc(F)c4F)c(F)c4c3c(nc(=O)n4-c3c(C)ccnc3C(C)C)N2CC1C. The number of hydrogen-bond acceptors (Lipinski definition) is 22. The van der Waals surface area contributed by atoms with Crippen LogP contribution in [-0.2, 0) is 29.0 Å². The summed E-state index contributed by atoms with van der Waals surface area (Å²) in [5, 5.41) is 33.2. The third kappa shape index (κ3) is 15.6. The highest BCUT2D eigenvalue weighted by Gasteiger charge is 2.49. The molecule has 138 heavy (non-hydrogen) atoms. The Balaban J connectivity index is 0.000000150. The fourth-order valence-corrected chi connectivity index (χ4v) is 22.1. The minimum absolute atomic E-state index is 0.00901. The minimum atomic E-state index is -4.81. The molecule has 28 nitrogen and oxygen atoms in total. The Morgan fingerprint density at radius 2 is 0.775 bits per heavy atom. The summed E-state index contributed by atoms with van der Waals surface area (Å²) in [6.45, 7) is 31.3. The normalized spacial score (nSPS) is 18.1. The third-order valence-corrected chi connectivity index (χ3v) is 28.6. The lowest BCUT2D eigenvalue weighted by molar-refractivity contribution is -0.131. The average Bonchev–Trinajstić information content (AvgIpc) is 1.36. The Kier molecular flexibility index (Phi) is 25.4. The topological polar surface area (TPSA) is 338 Å². The number of fused-ring (bicyclic) bond motifs is 6. The number of aromatic nitrogens is 9. The number of carbonyl (C=O) groups is 4. The van der Waals surface area contributed by atoms with Crippen molar-refractivity contribution in [2.24, 2.45) is 0 Å². The van der Waals surface area contributed by atoms with E-state index in [2.05, 4.69) is 55.0 Å². The molecule has 3 fully saturated rings. The number of piperazine rings is 3. The molecule has 12 aromatic rings. The Morgan fingerprint density at radius 1 is 0.435 bits per heavy atom. The van der Waals surface area contributed by atoms with Crippen molar-refractivity contribution in [3.8, 4) is 67.7 Å². The molecule has 6 aromatic heterocycles. The summed E-state index contributed by atoms with van der Waals surface area (Å²) in [7, 11) is -4.81. The van der Waals surface area contributed by atoms with Gasteiger partial charge in [0, 0.05) is 75.2 Å². The molecular formula is C96H86F12N16O12S2. The zero-order valence-corrected chi connectivity index (χ0v) is 77.3. The van der Waals surface area contributed by atoms with E-state index in [0.717, 1.165) is 49.7 Å². The summed E-state index contributed by atoms with van der Waals surface area (Å²) in [6, 6.07) is 4.48. The van der Waals surface area contributed by atoms with E-state index in [-0.39, 0.29) is 131 Å². The molecule has 718 valence electrons. The van der Waals surface area contributed by atoms with Crippen LogP contribution < -0.4 is 37.1 Å². The number of phenols is 3. The van der Waals surface area contributed by atoms with E-state index in [1.807, 2.05) is 20.8 Å². The van der Waals surface area contributed by atoms with Crippen LogP contribution in [0.1, 0.15) is 114 Å². The summed E-state index contributed by atoms with van der Waals surface area (Å²) in [6.07, 6.45) is 7.86. The second kappa shape index (κ2) is 36.2. The Hall–Kier alpha value is -14.5. The molecule has 6 unspecified atom stereocenters. The summed E-state index contributed by atoms with van der Waals surface area (Å²) in [5.74, 6) is -26.0. The van der Waals surface area contributed by atoms with Gasteiger partial charge in [-0.1, -0.05) is 61.3 Å². The molecule has 6 atom stereocenters. The van der Waals surface area contributed by atoms with Crippen LogP contribution in [-0.4, -0.2) is 193 Å². The van der Waals surface area contributed by atoms with Crippen molar-refractivity contribution in [3.05, 3.63) is 246 Å². The van der Waals surface area contributed by atoms with Gasteiger partial charge in [0.2, 0.25) is 23.6 Å². The maximum absolute atomic E-state index is 17.2. The smallest absolute Gasteiger partial charge is 0.354 e.